The lowest BCUT2D eigenvalue weighted by Gasteiger charge is -2.01. The molecule has 1 aromatic carbocycles. The second-order valence-electron chi connectivity index (χ2n) is 4.85. The molecule has 118 valence electrons. The molecule has 2 heterocycles. The van der Waals surface area contributed by atoms with Crippen LogP contribution < -0.4 is 10.5 Å². The van der Waals surface area contributed by atoms with E-state index in [1.54, 1.807) is 19.4 Å². The van der Waals surface area contributed by atoms with Gasteiger partial charge in [0, 0.05) is 17.3 Å². The summed E-state index contributed by atoms with van der Waals surface area (Å²) in [5, 5.41) is 0.617. The molecule has 2 N–H and O–H groups in total. The zero-order valence-electron chi connectivity index (χ0n) is 12.8. The number of methoxy groups -OCH3 is 1. The molecule has 0 amide bonds. The van der Waals surface area contributed by atoms with Crippen LogP contribution in [-0.4, -0.2) is 22.1 Å². The molecular formula is C16H16N4O2S. The molecule has 23 heavy (non-hydrogen) atoms. The van der Waals surface area contributed by atoms with Crippen molar-refractivity contribution in [3.05, 3.63) is 48.1 Å². The Hall–Kier alpha value is -2.54. The van der Waals surface area contributed by atoms with Crippen molar-refractivity contribution in [2.24, 2.45) is 0 Å². The number of rotatable bonds is 5. The maximum Gasteiger partial charge on any atom is 0.205 e. The lowest BCUT2D eigenvalue weighted by molar-refractivity contribution is 0.415. The van der Waals surface area contributed by atoms with E-state index in [0.29, 0.717) is 28.4 Å². The number of nitrogen functional groups attached to an aromatic ring is 1. The van der Waals surface area contributed by atoms with Crippen molar-refractivity contribution >= 4 is 17.6 Å². The van der Waals surface area contributed by atoms with Crippen LogP contribution in [0, 0.1) is 6.92 Å². The standard InChI is InChI=1S/C16H16N4O2S/c1-10-7-14(17)20-16(19-10)23-9-15-18-8-13(22-15)11-3-5-12(21-2)6-4-11/h3-8H,9H2,1-2H3,(H2,17,19,20). The van der Waals surface area contributed by atoms with Gasteiger partial charge in [0.15, 0.2) is 10.9 Å². The van der Waals surface area contributed by atoms with Gasteiger partial charge in [0.05, 0.1) is 19.1 Å². The number of aromatic nitrogens is 3. The Morgan fingerprint density at radius 2 is 2.00 bits per heavy atom. The number of hydrogen-bond acceptors (Lipinski definition) is 7. The lowest BCUT2D eigenvalue weighted by Crippen LogP contribution is -1.96. The highest BCUT2D eigenvalue weighted by atomic mass is 32.2. The Kier molecular flexibility index (Phi) is 4.47. The van der Waals surface area contributed by atoms with Crippen LogP contribution in [0.2, 0.25) is 0 Å². The number of ether oxygens (including phenoxy) is 1. The largest absolute Gasteiger partial charge is 0.497 e. The van der Waals surface area contributed by atoms with Crippen molar-refractivity contribution in [1.82, 2.24) is 15.0 Å². The molecule has 3 aromatic rings. The Labute approximate surface area is 138 Å². The molecule has 2 aromatic heterocycles. The zero-order chi connectivity index (χ0) is 16.2. The highest BCUT2D eigenvalue weighted by Gasteiger charge is 2.09. The molecular weight excluding hydrogens is 312 g/mol. The molecule has 0 unspecified atom stereocenters. The van der Waals surface area contributed by atoms with Crippen LogP contribution in [0.3, 0.4) is 0 Å². The molecule has 6 nitrogen and oxygen atoms in total. The Morgan fingerprint density at radius 3 is 2.70 bits per heavy atom. The normalized spacial score (nSPS) is 10.7. The fourth-order valence-electron chi connectivity index (χ4n) is 2.02. The van der Waals surface area contributed by atoms with E-state index in [1.807, 2.05) is 31.2 Å². The first kappa shape index (κ1) is 15.4. The van der Waals surface area contributed by atoms with Crippen molar-refractivity contribution < 1.29 is 9.15 Å². The molecule has 0 saturated heterocycles. The van der Waals surface area contributed by atoms with Crippen molar-refractivity contribution in [1.29, 1.82) is 0 Å². The van der Waals surface area contributed by atoms with Gasteiger partial charge in [-0.2, -0.15) is 0 Å². The Morgan fingerprint density at radius 1 is 1.22 bits per heavy atom. The van der Waals surface area contributed by atoms with E-state index in [2.05, 4.69) is 15.0 Å². The SMILES string of the molecule is COc1ccc(-c2cnc(CSc3nc(C)cc(N)n3)o2)cc1. The van der Waals surface area contributed by atoms with Gasteiger partial charge in [0.1, 0.15) is 11.6 Å². The fourth-order valence-corrected chi connectivity index (χ4v) is 2.79. The third-order valence-electron chi connectivity index (χ3n) is 3.11. The number of aryl methyl sites for hydroxylation is 1. The van der Waals surface area contributed by atoms with Gasteiger partial charge in [0.2, 0.25) is 5.89 Å². The Bertz CT molecular complexity index is 782. The number of thioether (sulfide) groups is 1. The first-order valence-electron chi connectivity index (χ1n) is 6.97. The van der Waals surface area contributed by atoms with Crippen LogP contribution in [0.15, 0.2) is 46.1 Å². The van der Waals surface area contributed by atoms with Gasteiger partial charge in [-0.1, -0.05) is 11.8 Å². The minimum atomic E-state index is 0.464. The van der Waals surface area contributed by atoms with E-state index in [1.165, 1.54) is 11.8 Å². The van der Waals surface area contributed by atoms with Crippen LogP contribution in [0.25, 0.3) is 11.3 Å². The van der Waals surface area contributed by atoms with E-state index >= 15 is 0 Å². The first-order valence-corrected chi connectivity index (χ1v) is 7.95. The molecule has 0 radical (unpaired) electrons. The predicted octanol–water partition coefficient (Wildman–Crippen LogP) is 3.32. The molecule has 0 fully saturated rings. The van der Waals surface area contributed by atoms with Crippen molar-refractivity contribution in [3.63, 3.8) is 0 Å². The van der Waals surface area contributed by atoms with Gasteiger partial charge in [-0.15, -0.1) is 0 Å². The second kappa shape index (κ2) is 6.70. The number of nitrogens with two attached hydrogens (primary N) is 1. The van der Waals surface area contributed by atoms with Crippen molar-refractivity contribution in [2.75, 3.05) is 12.8 Å². The molecule has 0 aliphatic rings. The maximum absolute atomic E-state index is 5.77. The van der Waals surface area contributed by atoms with Crippen LogP contribution in [-0.2, 0) is 5.75 Å². The average Bonchev–Trinajstić information content (AvgIpc) is 3.01. The van der Waals surface area contributed by atoms with E-state index < -0.39 is 0 Å². The van der Waals surface area contributed by atoms with Gasteiger partial charge in [-0.25, -0.2) is 15.0 Å². The summed E-state index contributed by atoms with van der Waals surface area (Å²) in [5.74, 6) is 3.14. The van der Waals surface area contributed by atoms with Gasteiger partial charge >= 0.3 is 0 Å². The number of nitrogens with zero attached hydrogens (tertiary/aromatic N) is 3. The fraction of sp³-hybridized carbons (Fsp3) is 0.188. The van der Waals surface area contributed by atoms with Gasteiger partial charge in [-0.05, 0) is 31.2 Å². The third kappa shape index (κ3) is 3.81. The number of oxazole rings is 1. The topological polar surface area (TPSA) is 87.1 Å². The molecule has 0 aliphatic heterocycles. The Balaban J connectivity index is 1.69. The predicted molar refractivity (Wildman–Crippen MR) is 89.2 cm³/mol. The molecule has 3 rings (SSSR count). The highest BCUT2D eigenvalue weighted by Crippen LogP contribution is 2.26. The summed E-state index contributed by atoms with van der Waals surface area (Å²) in [5.41, 5.74) is 7.51. The summed E-state index contributed by atoms with van der Waals surface area (Å²) in [4.78, 5) is 12.8. The molecule has 0 spiro atoms. The van der Waals surface area contributed by atoms with Crippen molar-refractivity contribution in [3.8, 4) is 17.1 Å². The lowest BCUT2D eigenvalue weighted by atomic mass is 10.2. The maximum atomic E-state index is 5.77. The van der Waals surface area contributed by atoms with Gasteiger partial charge in [0.25, 0.3) is 0 Å². The molecule has 0 aliphatic carbocycles. The van der Waals surface area contributed by atoms with E-state index in [9.17, 15) is 0 Å². The van der Waals surface area contributed by atoms with Crippen molar-refractivity contribution in [2.45, 2.75) is 17.8 Å². The summed E-state index contributed by atoms with van der Waals surface area (Å²) in [6.45, 7) is 1.88. The molecule has 0 bridgehead atoms. The minimum absolute atomic E-state index is 0.464. The minimum Gasteiger partial charge on any atom is -0.497 e. The summed E-state index contributed by atoms with van der Waals surface area (Å²) in [7, 11) is 1.64. The second-order valence-corrected chi connectivity index (χ2v) is 5.79. The number of anilines is 1. The summed E-state index contributed by atoms with van der Waals surface area (Å²) in [6.07, 6.45) is 1.71. The van der Waals surface area contributed by atoms with Crippen LogP contribution in [0.5, 0.6) is 5.75 Å². The zero-order valence-corrected chi connectivity index (χ0v) is 13.6. The summed E-state index contributed by atoms with van der Waals surface area (Å²) >= 11 is 1.44. The smallest absolute Gasteiger partial charge is 0.205 e. The van der Waals surface area contributed by atoms with E-state index in [4.69, 9.17) is 14.9 Å². The first-order chi connectivity index (χ1) is 11.1. The monoisotopic (exact) mass is 328 g/mol. The quantitative estimate of drug-likeness (QED) is 0.568. The molecule has 0 saturated carbocycles. The van der Waals surface area contributed by atoms with Crippen LogP contribution in [0.4, 0.5) is 5.82 Å². The number of benzene rings is 1. The van der Waals surface area contributed by atoms with Gasteiger partial charge < -0.3 is 14.9 Å². The highest BCUT2D eigenvalue weighted by molar-refractivity contribution is 7.98. The van der Waals surface area contributed by atoms with Crippen LogP contribution in [0.1, 0.15) is 11.6 Å². The molecule has 0 atom stereocenters. The van der Waals surface area contributed by atoms with E-state index in [0.717, 1.165) is 17.0 Å². The summed E-state index contributed by atoms with van der Waals surface area (Å²) < 4.78 is 10.9. The molecule has 7 heteroatoms. The van der Waals surface area contributed by atoms with E-state index in [-0.39, 0.29) is 0 Å². The summed E-state index contributed by atoms with van der Waals surface area (Å²) in [6, 6.07) is 9.36. The van der Waals surface area contributed by atoms with Crippen LogP contribution >= 0.6 is 11.8 Å². The average molecular weight is 328 g/mol. The number of hydrogen-bond donors (Lipinski definition) is 1. The third-order valence-corrected chi connectivity index (χ3v) is 3.94. The van der Waals surface area contributed by atoms with Gasteiger partial charge in [-0.3, -0.25) is 0 Å².